The molecule has 0 saturated heterocycles. The van der Waals surface area contributed by atoms with Gasteiger partial charge in [-0.15, -0.1) is 0 Å². The maximum atomic E-state index is 14.1. The average Bonchev–Trinajstić information content (AvgIpc) is 3.07. The summed E-state index contributed by atoms with van der Waals surface area (Å²) in [6.07, 6.45) is 1.08. The molecule has 6 nitrogen and oxygen atoms in total. The number of amidine groups is 1. The number of benzene rings is 1. The normalized spacial score (nSPS) is 17.0. The second-order valence-electron chi connectivity index (χ2n) is 6.44. The van der Waals surface area contributed by atoms with Gasteiger partial charge in [0.2, 0.25) is 5.88 Å². The van der Waals surface area contributed by atoms with E-state index < -0.39 is 18.4 Å². The third-order valence-electron chi connectivity index (χ3n) is 4.67. The van der Waals surface area contributed by atoms with Crippen LogP contribution < -0.4 is 0 Å². The molecule has 1 aromatic carbocycles. The van der Waals surface area contributed by atoms with Gasteiger partial charge in [-0.2, -0.15) is 10.1 Å². The molecule has 149 valence electrons. The number of aliphatic imine (C=N–C) groups is 1. The van der Waals surface area contributed by atoms with Crippen LogP contribution in [-0.2, 0) is 6.54 Å². The van der Waals surface area contributed by atoms with Crippen LogP contribution in [0.5, 0.6) is 0 Å². The molecule has 1 N–H and O–H groups in total. The number of hydrogen-bond acceptors (Lipinski definition) is 5. The van der Waals surface area contributed by atoms with E-state index in [0.29, 0.717) is 16.6 Å². The third kappa shape index (κ3) is 3.43. The lowest BCUT2D eigenvalue weighted by Crippen LogP contribution is -2.46. The van der Waals surface area contributed by atoms with Crippen molar-refractivity contribution in [2.45, 2.75) is 25.9 Å². The SMILES string of the molecule is CCN1C(c2nn(Cc3ccccc3F)c3ncccc23)=NC(O)=[C]C1C(F)F. The topological polar surface area (TPSA) is 66.5 Å². The highest BCUT2D eigenvalue weighted by Crippen LogP contribution is 2.26. The monoisotopic (exact) mass is 400 g/mol. The van der Waals surface area contributed by atoms with Crippen LogP contribution in [0, 0.1) is 11.9 Å². The fourth-order valence-electron chi connectivity index (χ4n) is 3.35. The molecule has 0 spiro atoms. The Balaban J connectivity index is 1.84. The van der Waals surface area contributed by atoms with Crippen molar-refractivity contribution in [1.82, 2.24) is 19.7 Å². The van der Waals surface area contributed by atoms with Crippen LogP contribution >= 0.6 is 0 Å². The molecule has 29 heavy (non-hydrogen) atoms. The fraction of sp³-hybridized carbons (Fsp3) is 0.250. The van der Waals surface area contributed by atoms with Gasteiger partial charge in [0, 0.05) is 18.3 Å². The molecule has 1 atom stereocenters. The quantitative estimate of drug-likeness (QED) is 0.712. The Kier molecular flexibility index (Phi) is 4.96. The third-order valence-corrected chi connectivity index (χ3v) is 4.67. The van der Waals surface area contributed by atoms with Gasteiger partial charge < -0.3 is 10.0 Å². The smallest absolute Gasteiger partial charge is 0.263 e. The van der Waals surface area contributed by atoms with Crippen molar-refractivity contribution in [3.8, 4) is 0 Å². The standard InChI is InChI=1S/C20H17F3N5O/c1-2-27-15(18(22)23)10-16(29)25-20(27)17-13-7-5-9-24-19(13)28(26-17)11-12-6-3-4-8-14(12)21/h3-9,15,18,29H,2,11H2,1H3. The maximum Gasteiger partial charge on any atom is 0.263 e. The summed E-state index contributed by atoms with van der Waals surface area (Å²) in [5.41, 5.74) is 1.15. The van der Waals surface area contributed by atoms with Crippen LogP contribution in [0.25, 0.3) is 11.0 Å². The van der Waals surface area contributed by atoms with Crippen LogP contribution in [0.4, 0.5) is 13.2 Å². The summed E-state index contributed by atoms with van der Waals surface area (Å²) in [6.45, 7) is 2.01. The molecule has 9 heteroatoms. The van der Waals surface area contributed by atoms with Crippen molar-refractivity contribution < 1.29 is 18.3 Å². The Morgan fingerprint density at radius 2 is 2.00 bits per heavy atom. The minimum atomic E-state index is -2.77. The van der Waals surface area contributed by atoms with E-state index in [0.717, 1.165) is 0 Å². The second kappa shape index (κ2) is 7.57. The predicted molar refractivity (Wildman–Crippen MR) is 101 cm³/mol. The zero-order chi connectivity index (χ0) is 20.5. The van der Waals surface area contributed by atoms with Gasteiger partial charge in [0.15, 0.2) is 11.5 Å². The highest BCUT2D eigenvalue weighted by Gasteiger charge is 2.34. The van der Waals surface area contributed by atoms with E-state index in [1.165, 1.54) is 15.6 Å². The molecular weight excluding hydrogens is 383 g/mol. The number of likely N-dealkylation sites (N-methyl/N-ethyl adjacent to an activating group) is 1. The lowest BCUT2D eigenvalue weighted by Gasteiger charge is -2.32. The minimum absolute atomic E-state index is 0.0966. The van der Waals surface area contributed by atoms with Gasteiger partial charge in [0.1, 0.15) is 17.6 Å². The number of halogens is 3. The van der Waals surface area contributed by atoms with Gasteiger partial charge in [-0.3, -0.25) is 0 Å². The van der Waals surface area contributed by atoms with Crippen LogP contribution in [0.1, 0.15) is 18.2 Å². The summed E-state index contributed by atoms with van der Waals surface area (Å²) in [5, 5.41) is 14.9. The molecule has 0 fully saturated rings. The lowest BCUT2D eigenvalue weighted by molar-refractivity contribution is 0.0738. The van der Waals surface area contributed by atoms with Gasteiger partial charge in [-0.25, -0.2) is 22.8 Å². The first kappa shape index (κ1) is 19.0. The number of nitrogens with zero attached hydrogens (tertiary/aromatic N) is 5. The first-order valence-electron chi connectivity index (χ1n) is 9.00. The van der Waals surface area contributed by atoms with E-state index >= 15 is 0 Å². The summed E-state index contributed by atoms with van der Waals surface area (Å²) < 4.78 is 42.6. The van der Waals surface area contributed by atoms with Gasteiger partial charge in [-0.1, -0.05) is 18.2 Å². The van der Waals surface area contributed by atoms with Gasteiger partial charge in [0.05, 0.1) is 18.0 Å². The number of rotatable bonds is 5. The van der Waals surface area contributed by atoms with Gasteiger partial charge in [-0.05, 0) is 25.1 Å². The molecular formula is C20H17F3N5O. The Morgan fingerprint density at radius 3 is 2.72 bits per heavy atom. The predicted octanol–water partition coefficient (Wildman–Crippen LogP) is 3.54. The molecule has 0 bridgehead atoms. The van der Waals surface area contributed by atoms with Crippen molar-refractivity contribution in [3.05, 3.63) is 71.6 Å². The van der Waals surface area contributed by atoms with E-state index in [9.17, 15) is 18.3 Å². The summed E-state index contributed by atoms with van der Waals surface area (Å²) in [6, 6.07) is 8.27. The van der Waals surface area contributed by atoms with Gasteiger partial charge in [0.25, 0.3) is 6.43 Å². The van der Waals surface area contributed by atoms with Crippen LogP contribution in [-0.4, -0.2) is 49.6 Å². The molecule has 0 aliphatic carbocycles. The minimum Gasteiger partial charge on any atom is -0.493 e. The molecule has 1 radical (unpaired) electrons. The fourth-order valence-corrected chi connectivity index (χ4v) is 3.35. The van der Waals surface area contributed by atoms with E-state index in [1.54, 1.807) is 43.5 Å². The Hall–Kier alpha value is -3.36. The van der Waals surface area contributed by atoms with E-state index in [1.807, 2.05) is 0 Å². The van der Waals surface area contributed by atoms with E-state index in [4.69, 9.17) is 0 Å². The first-order chi connectivity index (χ1) is 14.0. The Bertz CT molecular complexity index is 1110. The summed E-state index contributed by atoms with van der Waals surface area (Å²) in [5.74, 6) is -0.901. The van der Waals surface area contributed by atoms with Crippen molar-refractivity contribution in [1.29, 1.82) is 0 Å². The largest absolute Gasteiger partial charge is 0.493 e. The lowest BCUT2D eigenvalue weighted by atomic mass is 10.1. The van der Waals surface area contributed by atoms with E-state index in [2.05, 4.69) is 21.2 Å². The first-order valence-corrected chi connectivity index (χ1v) is 9.00. The van der Waals surface area contributed by atoms with Crippen molar-refractivity contribution in [2.24, 2.45) is 4.99 Å². The summed E-state index contributed by atoms with van der Waals surface area (Å²) in [7, 11) is 0. The highest BCUT2D eigenvalue weighted by molar-refractivity contribution is 6.07. The van der Waals surface area contributed by atoms with Crippen LogP contribution in [0.2, 0.25) is 0 Å². The zero-order valence-corrected chi connectivity index (χ0v) is 15.4. The highest BCUT2D eigenvalue weighted by atomic mass is 19.3. The molecule has 1 aliphatic heterocycles. The Morgan fingerprint density at radius 1 is 1.21 bits per heavy atom. The Labute approximate surface area is 164 Å². The van der Waals surface area contributed by atoms with Crippen LogP contribution in [0.15, 0.2) is 53.5 Å². The van der Waals surface area contributed by atoms with Crippen LogP contribution in [0.3, 0.4) is 0 Å². The van der Waals surface area contributed by atoms with Crippen molar-refractivity contribution in [2.75, 3.05) is 6.54 Å². The number of aliphatic hydroxyl groups is 1. The summed E-state index contributed by atoms with van der Waals surface area (Å²) in [4.78, 5) is 9.66. The molecule has 1 unspecified atom stereocenters. The molecule has 1 aliphatic rings. The maximum absolute atomic E-state index is 14.1. The molecule has 4 rings (SSSR count). The zero-order valence-electron chi connectivity index (χ0n) is 15.4. The number of fused-ring (bicyclic) bond motifs is 1. The van der Waals surface area contributed by atoms with Crippen molar-refractivity contribution >= 4 is 16.9 Å². The second-order valence-corrected chi connectivity index (χ2v) is 6.44. The number of pyridine rings is 1. The molecule has 0 saturated carbocycles. The number of aromatic nitrogens is 3. The molecule has 2 aromatic heterocycles. The molecule has 3 aromatic rings. The molecule has 3 heterocycles. The van der Waals surface area contributed by atoms with Crippen molar-refractivity contribution in [3.63, 3.8) is 0 Å². The molecule has 0 amide bonds. The number of hydrogen-bond donors (Lipinski definition) is 1. The number of aliphatic hydroxyl groups excluding tert-OH is 1. The average molecular weight is 400 g/mol. The number of alkyl halides is 2. The summed E-state index contributed by atoms with van der Waals surface area (Å²) >= 11 is 0. The van der Waals surface area contributed by atoms with E-state index in [-0.39, 0.29) is 30.4 Å². The van der Waals surface area contributed by atoms with Gasteiger partial charge >= 0.3 is 0 Å².